The number of carbonyl (C=O) groups excluding carboxylic acids is 1. The minimum Gasteiger partial charge on any atom is -0.502 e. The number of aromatic hydroxyl groups is 1. The molecule has 7 nitrogen and oxygen atoms in total. The molecule has 0 amide bonds. The molecule has 0 aliphatic rings. The summed E-state index contributed by atoms with van der Waals surface area (Å²) in [6.45, 7) is 1.88. The van der Waals surface area contributed by atoms with Gasteiger partial charge in [0, 0.05) is 0 Å². The lowest BCUT2D eigenvalue weighted by molar-refractivity contribution is -0.141. The van der Waals surface area contributed by atoms with Crippen LogP contribution in [-0.4, -0.2) is 42.2 Å². The van der Waals surface area contributed by atoms with Crippen molar-refractivity contribution in [3.63, 3.8) is 0 Å². The average Bonchev–Trinajstić information content (AvgIpc) is 2.92. The van der Waals surface area contributed by atoms with E-state index in [-0.39, 0.29) is 18.3 Å². The zero-order valence-corrected chi connectivity index (χ0v) is 14.1. The highest BCUT2D eigenvalue weighted by molar-refractivity contribution is 5.73. The summed E-state index contributed by atoms with van der Waals surface area (Å²) in [6, 6.07) is 5.22. The average molecular weight is 332 g/mol. The maximum atomic E-state index is 11.5. The van der Waals surface area contributed by atoms with Crippen LogP contribution in [0.1, 0.15) is 17.0 Å². The van der Waals surface area contributed by atoms with Crippen LogP contribution in [0.25, 0.3) is 12.2 Å². The van der Waals surface area contributed by atoms with Crippen LogP contribution in [0.4, 0.5) is 0 Å². The van der Waals surface area contributed by atoms with Crippen LogP contribution in [0.15, 0.2) is 18.2 Å². The molecular formula is C17H20N2O5. The molecule has 24 heavy (non-hydrogen) atoms. The molecule has 0 saturated heterocycles. The van der Waals surface area contributed by atoms with E-state index in [0.29, 0.717) is 11.5 Å². The molecule has 0 saturated carbocycles. The van der Waals surface area contributed by atoms with Crippen LogP contribution < -0.4 is 9.47 Å². The van der Waals surface area contributed by atoms with E-state index in [9.17, 15) is 9.90 Å². The molecular weight excluding hydrogens is 312 g/mol. The Balaban J connectivity index is 2.33. The van der Waals surface area contributed by atoms with E-state index in [2.05, 4.69) is 9.84 Å². The standard InChI is InChI=1S/C17H20N2O5/c1-11-7-13(19(18-11)10-16(20)24-4)6-5-12-8-14(22-2)17(21)15(9-12)23-3/h5-9,21H,10H2,1-4H3. The van der Waals surface area contributed by atoms with Crippen LogP contribution >= 0.6 is 0 Å². The van der Waals surface area contributed by atoms with Crippen molar-refractivity contribution in [1.82, 2.24) is 9.78 Å². The minimum absolute atomic E-state index is 0.0340. The van der Waals surface area contributed by atoms with Gasteiger partial charge in [-0.15, -0.1) is 0 Å². The second-order valence-corrected chi connectivity index (χ2v) is 5.05. The minimum atomic E-state index is -0.374. The number of aromatic nitrogens is 2. The molecule has 0 fully saturated rings. The van der Waals surface area contributed by atoms with Crippen LogP contribution in [-0.2, 0) is 16.1 Å². The van der Waals surface area contributed by atoms with Gasteiger partial charge < -0.3 is 19.3 Å². The molecule has 0 spiro atoms. The molecule has 0 atom stereocenters. The Morgan fingerprint density at radius 2 is 1.79 bits per heavy atom. The first kappa shape index (κ1) is 17.4. The van der Waals surface area contributed by atoms with Crippen LogP contribution in [0.3, 0.4) is 0 Å². The third kappa shape index (κ3) is 3.87. The van der Waals surface area contributed by atoms with Gasteiger partial charge in [-0.1, -0.05) is 6.08 Å². The third-order valence-corrected chi connectivity index (χ3v) is 3.39. The van der Waals surface area contributed by atoms with Crippen molar-refractivity contribution in [2.24, 2.45) is 0 Å². The number of benzene rings is 1. The highest BCUT2D eigenvalue weighted by Crippen LogP contribution is 2.37. The van der Waals surface area contributed by atoms with E-state index in [1.54, 1.807) is 16.8 Å². The second kappa shape index (κ2) is 7.54. The normalized spacial score (nSPS) is 10.8. The van der Waals surface area contributed by atoms with E-state index in [1.807, 2.05) is 25.1 Å². The van der Waals surface area contributed by atoms with Crippen molar-refractivity contribution in [3.05, 3.63) is 35.2 Å². The van der Waals surface area contributed by atoms with Gasteiger partial charge in [-0.3, -0.25) is 9.48 Å². The first-order valence-corrected chi connectivity index (χ1v) is 7.22. The SMILES string of the molecule is COC(=O)Cn1nc(C)cc1C=Cc1cc(OC)c(O)c(OC)c1. The van der Waals surface area contributed by atoms with E-state index in [1.165, 1.54) is 21.3 Å². The molecule has 7 heteroatoms. The molecule has 0 radical (unpaired) electrons. The molecule has 2 aromatic rings. The van der Waals surface area contributed by atoms with Crippen molar-refractivity contribution < 1.29 is 24.1 Å². The van der Waals surface area contributed by atoms with Gasteiger partial charge in [-0.2, -0.15) is 5.10 Å². The van der Waals surface area contributed by atoms with Crippen LogP contribution in [0.2, 0.25) is 0 Å². The van der Waals surface area contributed by atoms with Gasteiger partial charge in [0.2, 0.25) is 5.75 Å². The lowest BCUT2D eigenvalue weighted by atomic mass is 10.1. The van der Waals surface area contributed by atoms with Crippen molar-refractivity contribution in [2.75, 3.05) is 21.3 Å². The van der Waals surface area contributed by atoms with Gasteiger partial charge in [0.25, 0.3) is 0 Å². The maximum Gasteiger partial charge on any atom is 0.327 e. The van der Waals surface area contributed by atoms with Gasteiger partial charge in [-0.25, -0.2) is 0 Å². The van der Waals surface area contributed by atoms with E-state index < -0.39 is 0 Å². The number of hydrogen-bond donors (Lipinski definition) is 1. The summed E-state index contributed by atoms with van der Waals surface area (Å²) in [5.74, 6) is 0.200. The number of esters is 1. The summed E-state index contributed by atoms with van der Waals surface area (Å²) >= 11 is 0. The van der Waals surface area contributed by atoms with Crippen molar-refractivity contribution in [2.45, 2.75) is 13.5 Å². The topological polar surface area (TPSA) is 82.8 Å². The number of aryl methyl sites for hydroxylation is 1. The summed E-state index contributed by atoms with van der Waals surface area (Å²) in [5, 5.41) is 14.2. The summed E-state index contributed by atoms with van der Waals surface area (Å²) in [7, 11) is 4.27. The van der Waals surface area contributed by atoms with Gasteiger partial charge >= 0.3 is 5.97 Å². The number of phenols is 1. The molecule has 0 aliphatic carbocycles. The number of carbonyl (C=O) groups is 1. The molecule has 0 unspecified atom stereocenters. The predicted molar refractivity (Wildman–Crippen MR) is 89.1 cm³/mol. The molecule has 0 bridgehead atoms. The van der Waals surface area contributed by atoms with Crippen LogP contribution in [0, 0.1) is 6.92 Å². The fraction of sp³-hybridized carbons (Fsp3) is 0.294. The first-order chi connectivity index (χ1) is 11.5. The summed E-state index contributed by atoms with van der Waals surface area (Å²) in [4.78, 5) is 11.5. The van der Waals surface area contributed by atoms with Crippen molar-refractivity contribution >= 4 is 18.1 Å². The molecule has 1 aromatic heterocycles. The summed E-state index contributed by atoms with van der Waals surface area (Å²) in [5.41, 5.74) is 2.31. The monoisotopic (exact) mass is 332 g/mol. The van der Waals surface area contributed by atoms with Crippen molar-refractivity contribution in [3.8, 4) is 17.2 Å². The largest absolute Gasteiger partial charge is 0.502 e. The van der Waals surface area contributed by atoms with E-state index in [4.69, 9.17) is 9.47 Å². The first-order valence-electron chi connectivity index (χ1n) is 7.22. The van der Waals surface area contributed by atoms with E-state index >= 15 is 0 Å². The molecule has 128 valence electrons. The molecule has 0 aliphatic heterocycles. The number of methoxy groups -OCH3 is 3. The smallest absolute Gasteiger partial charge is 0.327 e. The third-order valence-electron chi connectivity index (χ3n) is 3.39. The number of phenolic OH excluding ortho intramolecular Hbond substituents is 1. The number of nitrogens with zero attached hydrogens (tertiary/aromatic N) is 2. The molecule has 1 heterocycles. The second-order valence-electron chi connectivity index (χ2n) is 5.05. The Labute approximate surface area is 140 Å². The lowest BCUT2D eigenvalue weighted by Gasteiger charge is -2.09. The quantitative estimate of drug-likeness (QED) is 0.817. The Hall–Kier alpha value is -2.96. The van der Waals surface area contributed by atoms with Gasteiger partial charge in [0.1, 0.15) is 6.54 Å². The number of hydrogen-bond acceptors (Lipinski definition) is 6. The highest BCUT2D eigenvalue weighted by atomic mass is 16.5. The van der Waals surface area contributed by atoms with Gasteiger partial charge in [0.05, 0.1) is 32.7 Å². The van der Waals surface area contributed by atoms with Gasteiger partial charge in [0.15, 0.2) is 11.5 Å². The Morgan fingerprint density at radius 3 is 2.33 bits per heavy atom. The fourth-order valence-electron chi connectivity index (χ4n) is 2.20. The fourth-order valence-corrected chi connectivity index (χ4v) is 2.20. The summed E-state index contributed by atoms with van der Waals surface area (Å²) in [6.07, 6.45) is 3.63. The number of rotatable bonds is 6. The summed E-state index contributed by atoms with van der Waals surface area (Å²) < 4.78 is 16.5. The highest BCUT2D eigenvalue weighted by Gasteiger charge is 2.11. The van der Waals surface area contributed by atoms with Gasteiger partial charge in [-0.05, 0) is 36.8 Å². The zero-order valence-electron chi connectivity index (χ0n) is 14.1. The van der Waals surface area contributed by atoms with Crippen molar-refractivity contribution in [1.29, 1.82) is 0 Å². The molecule has 1 aromatic carbocycles. The lowest BCUT2D eigenvalue weighted by Crippen LogP contribution is -2.13. The zero-order chi connectivity index (χ0) is 17.7. The maximum absolute atomic E-state index is 11.5. The Morgan fingerprint density at radius 1 is 1.17 bits per heavy atom. The van der Waals surface area contributed by atoms with Crippen LogP contribution in [0.5, 0.6) is 17.2 Å². The number of ether oxygens (including phenoxy) is 3. The predicted octanol–water partition coefficient (Wildman–Crippen LogP) is 2.26. The molecule has 2 rings (SSSR count). The Bertz CT molecular complexity index is 739. The molecule has 1 N–H and O–H groups in total. The van der Waals surface area contributed by atoms with E-state index in [0.717, 1.165) is 17.0 Å². The Kier molecular flexibility index (Phi) is 5.47.